The number of carbonyl (C=O) groups is 1. The maximum Gasteiger partial charge on any atom is 0.275 e. The third kappa shape index (κ3) is 3.06. The summed E-state index contributed by atoms with van der Waals surface area (Å²) in [7, 11) is 4.59. The molecule has 1 aromatic carbocycles. The van der Waals surface area contributed by atoms with Crippen LogP contribution in [0.1, 0.15) is 10.5 Å². The molecule has 0 unspecified atom stereocenters. The number of halogens is 2. The summed E-state index contributed by atoms with van der Waals surface area (Å²) >= 11 is 12.0. The van der Waals surface area contributed by atoms with E-state index >= 15 is 0 Å². The van der Waals surface area contributed by atoms with Crippen LogP contribution in [0.2, 0.25) is 10.0 Å². The van der Waals surface area contributed by atoms with Gasteiger partial charge in [0.05, 0.1) is 36.1 Å². The third-order valence-corrected chi connectivity index (χ3v) is 3.40. The van der Waals surface area contributed by atoms with Gasteiger partial charge in [-0.25, -0.2) is 0 Å². The second-order valence-corrected chi connectivity index (χ2v) is 4.92. The van der Waals surface area contributed by atoms with Crippen LogP contribution in [0.15, 0.2) is 18.3 Å². The number of carbonyl (C=O) groups excluding carboxylic acids is 1. The van der Waals surface area contributed by atoms with E-state index in [0.29, 0.717) is 22.2 Å². The molecule has 2 aromatic rings. The zero-order valence-corrected chi connectivity index (χ0v) is 13.1. The number of ether oxygens (including phenoxy) is 2. The van der Waals surface area contributed by atoms with Crippen molar-refractivity contribution in [3.63, 3.8) is 0 Å². The summed E-state index contributed by atoms with van der Waals surface area (Å²) in [6.45, 7) is 0. The standard InChI is InChI=1S/C13H13Cl2N3O3/c1-18-12(8(15)6-16-18)13(19)17-9-5-10(20-2)7(14)4-11(9)21-3/h4-6H,1-3H3,(H,17,19). The Morgan fingerprint density at radius 1 is 1.19 bits per heavy atom. The van der Waals surface area contributed by atoms with Crippen molar-refractivity contribution in [3.8, 4) is 11.5 Å². The Morgan fingerprint density at radius 2 is 1.86 bits per heavy atom. The van der Waals surface area contributed by atoms with E-state index in [-0.39, 0.29) is 10.7 Å². The molecule has 0 saturated carbocycles. The second kappa shape index (κ2) is 6.24. The zero-order chi connectivity index (χ0) is 15.6. The van der Waals surface area contributed by atoms with Gasteiger partial charge in [0.25, 0.3) is 5.91 Å². The molecule has 1 N–H and O–H groups in total. The number of amides is 1. The minimum Gasteiger partial charge on any atom is -0.495 e. The predicted molar refractivity (Wildman–Crippen MR) is 80.7 cm³/mol. The van der Waals surface area contributed by atoms with Crippen molar-refractivity contribution < 1.29 is 14.3 Å². The number of aromatic nitrogens is 2. The van der Waals surface area contributed by atoms with Crippen LogP contribution in [0.3, 0.4) is 0 Å². The van der Waals surface area contributed by atoms with Gasteiger partial charge in [-0.05, 0) is 0 Å². The lowest BCUT2D eigenvalue weighted by Gasteiger charge is -2.13. The van der Waals surface area contributed by atoms with Crippen LogP contribution in [-0.4, -0.2) is 29.9 Å². The molecule has 0 aliphatic heterocycles. The number of methoxy groups -OCH3 is 2. The number of hydrogen-bond acceptors (Lipinski definition) is 4. The first kappa shape index (κ1) is 15.5. The van der Waals surface area contributed by atoms with Crippen LogP contribution < -0.4 is 14.8 Å². The van der Waals surface area contributed by atoms with E-state index in [0.717, 1.165) is 0 Å². The molecule has 1 amide bonds. The van der Waals surface area contributed by atoms with Gasteiger partial charge >= 0.3 is 0 Å². The highest BCUT2D eigenvalue weighted by Gasteiger charge is 2.18. The molecular formula is C13H13Cl2N3O3. The largest absolute Gasteiger partial charge is 0.495 e. The van der Waals surface area contributed by atoms with E-state index in [1.165, 1.54) is 25.1 Å². The second-order valence-electron chi connectivity index (χ2n) is 4.11. The first-order chi connectivity index (χ1) is 9.97. The first-order valence-corrected chi connectivity index (χ1v) is 6.64. The molecule has 0 fully saturated rings. The number of hydrogen-bond donors (Lipinski definition) is 1. The van der Waals surface area contributed by atoms with Crippen molar-refractivity contribution in [2.45, 2.75) is 0 Å². The minimum atomic E-state index is -0.414. The summed E-state index contributed by atoms with van der Waals surface area (Å²) in [5.74, 6) is 0.416. The monoisotopic (exact) mass is 329 g/mol. The van der Waals surface area contributed by atoms with Crippen LogP contribution in [0, 0.1) is 0 Å². The van der Waals surface area contributed by atoms with E-state index < -0.39 is 5.91 Å². The van der Waals surface area contributed by atoms with Crippen LogP contribution in [0.25, 0.3) is 0 Å². The summed E-state index contributed by atoms with van der Waals surface area (Å²) in [6, 6.07) is 3.13. The quantitative estimate of drug-likeness (QED) is 0.936. The van der Waals surface area contributed by atoms with Crippen LogP contribution in [-0.2, 0) is 7.05 Å². The zero-order valence-electron chi connectivity index (χ0n) is 11.6. The van der Waals surface area contributed by atoms with Gasteiger partial charge in [0, 0.05) is 19.2 Å². The molecule has 0 atom stereocenters. The van der Waals surface area contributed by atoms with E-state index in [1.807, 2.05) is 0 Å². The Labute approximate surface area is 131 Å². The SMILES string of the molecule is COc1cc(NC(=O)c2c(Cl)cnn2C)c(OC)cc1Cl. The highest BCUT2D eigenvalue weighted by molar-refractivity contribution is 6.34. The molecule has 0 aliphatic carbocycles. The Morgan fingerprint density at radius 3 is 2.38 bits per heavy atom. The molecule has 0 aliphatic rings. The Hall–Kier alpha value is -1.92. The highest BCUT2D eigenvalue weighted by Crippen LogP contribution is 2.36. The van der Waals surface area contributed by atoms with Gasteiger partial charge < -0.3 is 14.8 Å². The van der Waals surface area contributed by atoms with Crippen molar-refractivity contribution in [3.05, 3.63) is 34.1 Å². The molecule has 0 spiro atoms. The Balaban J connectivity index is 2.37. The normalized spacial score (nSPS) is 10.3. The predicted octanol–water partition coefficient (Wildman–Crippen LogP) is 3.00. The fraction of sp³-hybridized carbons (Fsp3) is 0.231. The lowest BCUT2D eigenvalue weighted by molar-refractivity contribution is 0.101. The number of benzene rings is 1. The van der Waals surface area contributed by atoms with Gasteiger partial charge in [0.2, 0.25) is 0 Å². The summed E-state index contributed by atoms with van der Waals surface area (Å²) in [5, 5.41) is 7.26. The fourth-order valence-corrected chi connectivity index (χ4v) is 2.29. The fourth-order valence-electron chi connectivity index (χ4n) is 1.81. The molecule has 6 nitrogen and oxygen atoms in total. The van der Waals surface area contributed by atoms with Gasteiger partial charge in [-0.15, -0.1) is 0 Å². The number of nitrogens with zero attached hydrogens (tertiary/aromatic N) is 2. The third-order valence-electron chi connectivity index (χ3n) is 2.83. The Kier molecular flexibility index (Phi) is 4.59. The molecule has 1 heterocycles. The van der Waals surface area contributed by atoms with Crippen molar-refractivity contribution in [1.29, 1.82) is 0 Å². The van der Waals surface area contributed by atoms with Crippen LogP contribution >= 0.6 is 23.2 Å². The van der Waals surface area contributed by atoms with Gasteiger partial charge in [-0.2, -0.15) is 5.10 Å². The van der Waals surface area contributed by atoms with Gasteiger partial charge in [0.15, 0.2) is 0 Å². The van der Waals surface area contributed by atoms with Crippen molar-refractivity contribution in [2.75, 3.05) is 19.5 Å². The van der Waals surface area contributed by atoms with E-state index in [9.17, 15) is 4.79 Å². The van der Waals surface area contributed by atoms with Gasteiger partial charge in [-0.1, -0.05) is 23.2 Å². The van der Waals surface area contributed by atoms with Crippen molar-refractivity contribution in [1.82, 2.24) is 9.78 Å². The average molecular weight is 330 g/mol. The Bertz CT molecular complexity index is 666. The highest BCUT2D eigenvalue weighted by atomic mass is 35.5. The number of rotatable bonds is 4. The maximum atomic E-state index is 12.3. The topological polar surface area (TPSA) is 65.4 Å². The average Bonchev–Trinajstić information content (AvgIpc) is 2.79. The number of anilines is 1. The van der Waals surface area contributed by atoms with Gasteiger partial charge in [0.1, 0.15) is 17.2 Å². The summed E-state index contributed by atoms with van der Waals surface area (Å²) in [4.78, 5) is 12.3. The van der Waals surface area contributed by atoms with Crippen LogP contribution in [0.5, 0.6) is 11.5 Å². The van der Waals surface area contributed by atoms with Crippen LogP contribution in [0.4, 0.5) is 5.69 Å². The molecule has 21 heavy (non-hydrogen) atoms. The maximum absolute atomic E-state index is 12.3. The number of aryl methyl sites for hydroxylation is 1. The molecule has 2 rings (SSSR count). The first-order valence-electron chi connectivity index (χ1n) is 5.88. The molecule has 112 valence electrons. The molecular weight excluding hydrogens is 317 g/mol. The molecule has 1 aromatic heterocycles. The summed E-state index contributed by atoms with van der Waals surface area (Å²) < 4.78 is 11.7. The van der Waals surface area contributed by atoms with E-state index in [4.69, 9.17) is 32.7 Å². The van der Waals surface area contributed by atoms with Gasteiger partial charge in [-0.3, -0.25) is 9.48 Å². The summed E-state index contributed by atoms with van der Waals surface area (Å²) in [6.07, 6.45) is 1.40. The molecule has 0 bridgehead atoms. The molecule has 0 saturated heterocycles. The van der Waals surface area contributed by atoms with E-state index in [2.05, 4.69) is 10.4 Å². The van der Waals surface area contributed by atoms with Crippen molar-refractivity contribution >= 4 is 34.8 Å². The van der Waals surface area contributed by atoms with Crippen molar-refractivity contribution in [2.24, 2.45) is 7.05 Å². The smallest absolute Gasteiger partial charge is 0.275 e. The lowest BCUT2D eigenvalue weighted by atomic mass is 10.2. The molecule has 0 radical (unpaired) electrons. The summed E-state index contributed by atoms with van der Waals surface area (Å²) in [5.41, 5.74) is 0.661. The number of nitrogens with one attached hydrogen (secondary N) is 1. The molecule has 8 heteroatoms. The minimum absolute atomic E-state index is 0.243. The lowest BCUT2D eigenvalue weighted by Crippen LogP contribution is -2.17. The van der Waals surface area contributed by atoms with E-state index in [1.54, 1.807) is 19.2 Å².